The van der Waals surface area contributed by atoms with Gasteiger partial charge >= 0.3 is 5.97 Å². The maximum atomic E-state index is 11.3. The lowest BCUT2D eigenvalue weighted by molar-refractivity contribution is -0.143. The van der Waals surface area contributed by atoms with E-state index in [1.54, 1.807) is 13.8 Å². The number of hydrogen-bond donors (Lipinski definition) is 3. The van der Waals surface area contributed by atoms with Crippen molar-refractivity contribution in [2.75, 3.05) is 6.54 Å². The lowest BCUT2D eigenvalue weighted by Crippen LogP contribution is -2.45. The minimum absolute atomic E-state index is 0.0794. The zero-order valence-corrected chi connectivity index (χ0v) is 9.74. The summed E-state index contributed by atoms with van der Waals surface area (Å²) in [5.74, 6) is -1.83. The third-order valence-electron chi connectivity index (χ3n) is 1.98. The average Bonchev–Trinajstić information content (AvgIpc) is 2.12. The SMILES string of the molecule is CC(=O)NCCC(=O)NC(C(=O)O)C(C)C. The molecule has 0 bridgehead atoms. The molecule has 0 aliphatic heterocycles. The van der Waals surface area contributed by atoms with Crippen molar-refractivity contribution in [3.05, 3.63) is 0 Å². The molecular weight excluding hydrogens is 212 g/mol. The van der Waals surface area contributed by atoms with Crippen LogP contribution in [0.5, 0.6) is 0 Å². The second kappa shape index (κ2) is 6.81. The number of carbonyl (C=O) groups excluding carboxylic acids is 2. The first-order valence-electron chi connectivity index (χ1n) is 5.11. The minimum Gasteiger partial charge on any atom is -0.480 e. The topological polar surface area (TPSA) is 95.5 Å². The highest BCUT2D eigenvalue weighted by Crippen LogP contribution is 2.01. The van der Waals surface area contributed by atoms with Crippen LogP contribution in [0.25, 0.3) is 0 Å². The van der Waals surface area contributed by atoms with Crippen molar-refractivity contribution in [3.63, 3.8) is 0 Å². The van der Waals surface area contributed by atoms with E-state index in [0.717, 1.165) is 0 Å². The van der Waals surface area contributed by atoms with Crippen LogP contribution >= 0.6 is 0 Å². The molecule has 0 aromatic heterocycles. The Balaban J connectivity index is 4.01. The molecule has 0 saturated heterocycles. The minimum atomic E-state index is -1.05. The second-order valence-corrected chi connectivity index (χ2v) is 3.86. The van der Waals surface area contributed by atoms with Gasteiger partial charge in [0.05, 0.1) is 0 Å². The van der Waals surface area contributed by atoms with Gasteiger partial charge in [-0.2, -0.15) is 0 Å². The fourth-order valence-corrected chi connectivity index (χ4v) is 1.11. The van der Waals surface area contributed by atoms with Gasteiger partial charge in [-0.05, 0) is 5.92 Å². The van der Waals surface area contributed by atoms with E-state index in [9.17, 15) is 14.4 Å². The van der Waals surface area contributed by atoms with E-state index in [2.05, 4.69) is 10.6 Å². The maximum absolute atomic E-state index is 11.3. The Hall–Kier alpha value is -1.59. The molecule has 0 aliphatic carbocycles. The van der Waals surface area contributed by atoms with Gasteiger partial charge in [0, 0.05) is 19.9 Å². The highest BCUT2D eigenvalue weighted by atomic mass is 16.4. The summed E-state index contributed by atoms with van der Waals surface area (Å²) in [6.07, 6.45) is 0.0794. The van der Waals surface area contributed by atoms with Crippen molar-refractivity contribution in [2.24, 2.45) is 5.92 Å². The summed E-state index contributed by atoms with van der Waals surface area (Å²) in [5, 5.41) is 13.7. The normalized spacial score (nSPS) is 12.0. The van der Waals surface area contributed by atoms with E-state index >= 15 is 0 Å². The number of aliphatic carboxylic acids is 1. The van der Waals surface area contributed by atoms with Gasteiger partial charge in [0.15, 0.2) is 0 Å². The molecule has 0 spiro atoms. The Bertz CT molecular complexity index is 276. The van der Waals surface area contributed by atoms with Crippen molar-refractivity contribution in [2.45, 2.75) is 33.2 Å². The predicted octanol–water partition coefficient (Wildman–Crippen LogP) is -0.262. The Morgan fingerprint density at radius 2 is 1.81 bits per heavy atom. The molecular formula is C10H18N2O4. The Morgan fingerprint density at radius 3 is 2.19 bits per heavy atom. The van der Waals surface area contributed by atoms with Gasteiger partial charge in [0.25, 0.3) is 0 Å². The molecule has 92 valence electrons. The van der Waals surface area contributed by atoms with E-state index in [1.165, 1.54) is 6.92 Å². The highest BCUT2D eigenvalue weighted by Gasteiger charge is 2.22. The summed E-state index contributed by atoms with van der Waals surface area (Å²) in [6.45, 7) is 5.00. The van der Waals surface area contributed by atoms with E-state index in [4.69, 9.17) is 5.11 Å². The highest BCUT2D eigenvalue weighted by molar-refractivity contribution is 5.84. The standard InChI is InChI=1S/C10H18N2O4/c1-6(2)9(10(15)16)12-8(14)4-5-11-7(3)13/h6,9H,4-5H2,1-3H3,(H,11,13)(H,12,14)(H,15,16). The number of nitrogens with one attached hydrogen (secondary N) is 2. The molecule has 0 radical (unpaired) electrons. The van der Waals surface area contributed by atoms with E-state index in [-0.39, 0.29) is 30.7 Å². The monoisotopic (exact) mass is 230 g/mol. The van der Waals surface area contributed by atoms with Crippen LogP contribution < -0.4 is 10.6 Å². The zero-order chi connectivity index (χ0) is 12.7. The van der Waals surface area contributed by atoms with E-state index in [0.29, 0.717) is 0 Å². The molecule has 6 heteroatoms. The fourth-order valence-electron chi connectivity index (χ4n) is 1.11. The molecule has 0 saturated carbocycles. The number of hydrogen-bond acceptors (Lipinski definition) is 3. The summed E-state index contributed by atoms with van der Waals surface area (Å²) in [7, 11) is 0. The number of carboxylic acids is 1. The Morgan fingerprint density at radius 1 is 1.25 bits per heavy atom. The van der Waals surface area contributed by atoms with E-state index < -0.39 is 12.0 Å². The summed E-state index contributed by atoms with van der Waals surface area (Å²) in [4.78, 5) is 32.6. The smallest absolute Gasteiger partial charge is 0.326 e. The molecule has 0 fully saturated rings. The number of carbonyl (C=O) groups is 3. The summed E-state index contributed by atoms with van der Waals surface area (Å²) < 4.78 is 0. The van der Waals surface area contributed by atoms with Gasteiger partial charge in [-0.3, -0.25) is 9.59 Å². The van der Waals surface area contributed by atoms with Crippen molar-refractivity contribution >= 4 is 17.8 Å². The van der Waals surface area contributed by atoms with Crippen molar-refractivity contribution < 1.29 is 19.5 Å². The first-order chi connectivity index (χ1) is 7.34. The van der Waals surface area contributed by atoms with Gasteiger partial charge in [-0.15, -0.1) is 0 Å². The quantitative estimate of drug-likeness (QED) is 0.585. The first kappa shape index (κ1) is 14.4. The molecule has 3 N–H and O–H groups in total. The molecule has 6 nitrogen and oxygen atoms in total. The molecule has 2 amide bonds. The third kappa shape index (κ3) is 6.00. The van der Waals surface area contributed by atoms with Crippen molar-refractivity contribution in [1.29, 1.82) is 0 Å². The van der Waals surface area contributed by atoms with Crippen LogP contribution in [0.4, 0.5) is 0 Å². The average molecular weight is 230 g/mol. The van der Waals surface area contributed by atoms with Gasteiger partial charge in [-0.1, -0.05) is 13.8 Å². The molecule has 0 rings (SSSR count). The molecule has 0 aliphatic rings. The van der Waals surface area contributed by atoms with Crippen LogP contribution in [-0.2, 0) is 14.4 Å². The molecule has 1 unspecified atom stereocenters. The number of rotatable bonds is 6. The Kier molecular flexibility index (Phi) is 6.14. The van der Waals surface area contributed by atoms with Crippen LogP contribution in [0, 0.1) is 5.92 Å². The van der Waals surface area contributed by atoms with Crippen LogP contribution in [0.1, 0.15) is 27.2 Å². The molecule has 0 aromatic rings. The number of amides is 2. The van der Waals surface area contributed by atoms with Gasteiger partial charge in [0.2, 0.25) is 11.8 Å². The summed E-state index contributed by atoms with van der Waals surface area (Å²) in [6, 6.07) is -0.884. The van der Waals surface area contributed by atoms with Crippen LogP contribution in [0.3, 0.4) is 0 Å². The molecule has 16 heavy (non-hydrogen) atoms. The second-order valence-electron chi connectivity index (χ2n) is 3.86. The maximum Gasteiger partial charge on any atom is 0.326 e. The van der Waals surface area contributed by atoms with Crippen LogP contribution in [0.2, 0.25) is 0 Å². The van der Waals surface area contributed by atoms with Crippen molar-refractivity contribution in [1.82, 2.24) is 10.6 Å². The lowest BCUT2D eigenvalue weighted by atomic mass is 10.0. The Labute approximate surface area is 94.4 Å². The largest absolute Gasteiger partial charge is 0.480 e. The third-order valence-corrected chi connectivity index (χ3v) is 1.98. The van der Waals surface area contributed by atoms with Gasteiger partial charge < -0.3 is 15.7 Å². The van der Waals surface area contributed by atoms with Gasteiger partial charge in [0.1, 0.15) is 6.04 Å². The van der Waals surface area contributed by atoms with Crippen molar-refractivity contribution in [3.8, 4) is 0 Å². The molecule has 1 atom stereocenters. The predicted molar refractivity (Wildman–Crippen MR) is 57.7 cm³/mol. The van der Waals surface area contributed by atoms with Crippen LogP contribution in [-0.4, -0.2) is 35.5 Å². The number of carboxylic acid groups (broad SMARTS) is 1. The van der Waals surface area contributed by atoms with E-state index in [1.807, 2.05) is 0 Å². The fraction of sp³-hybridized carbons (Fsp3) is 0.700. The molecule has 0 heterocycles. The van der Waals surface area contributed by atoms with Gasteiger partial charge in [-0.25, -0.2) is 4.79 Å². The lowest BCUT2D eigenvalue weighted by Gasteiger charge is -2.17. The first-order valence-corrected chi connectivity index (χ1v) is 5.11. The summed E-state index contributed by atoms with van der Waals surface area (Å²) >= 11 is 0. The summed E-state index contributed by atoms with van der Waals surface area (Å²) in [5.41, 5.74) is 0. The molecule has 0 aromatic carbocycles. The zero-order valence-electron chi connectivity index (χ0n) is 9.74. The van der Waals surface area contributed by atoms with Crippen LogP contribution in [0.15, 0.2) is 0 Å².